The van der Waals surface area contributed by atoms with Crippen LogP contribution in [0.4, 0.5) is 0 Å². The lowest BCUT2D eigenvalue weighted by atomic mass is 10.1. The largest absolute Gasteiger partial charge is 0.404 e. The van der Waals surface area contributed by atoms with Gasteiger partial charge in [0.2, 0.25) is 0 Å². The van der Waals surface area contributed by atoms with Gasteiger partial charge < -0.3 is 4.84 Å². The van der Waals surface area contributed by atoms with Crippen LogP contribution in [0.25, 0.3) is 11.3 Å². The summed E-state index contributed by atoms with van der Waals surface area (Å²) < 4.78 is 2.49. The Hall–Kier alpha value is -1.91. The van der Waals surface area contributed by atoms with Gasteiger partial charge in [-0.2, -0.15) is 4.73 Å². The zero-order chi connectivity index (χ0) is 15.5. The number of hydrogen-bond donors (Lipinski definition) is 0. The Morgan fingerprint density at radius 1 is 1.05 bits per heavy atom. The van der Waals surface area contributed by atoms with Crippen LogP contribution < -0.4 is 4.84 Å². The zero-order valence-electron chi connectivity index (χ0n) is 12.5. The molecule has 22 heavy (non-hydrogen) atoms. The lowest BCUT2D eigenvalue weighted by Crippen LogP contribution is -2.16. The van der Waals surface area contributed by atoms with Crippen molar-refractivity contribution in [3.63, 3.8) is 0 Å². The standard InChI is InChI=1S/C18H17NOS2/c1-13-8-10-16(11-9-13)17-12-22-18(21)19(17)20-14(2)15-6-4-3-5-7-15/h3-12,14H,1-2H3. The van der Waals surface area contributed by atoms with E-state index < -0.39 is 0 Å². The average molecular weight is 327 g/mol. The Bertz CT molecular complexity index is 803. The third-order valence-electron chi connectivity index (χ3n) is 3.54. The van der Waals surface area contributed by atoms with E-state index in [1.165, 1.54) is 16.9 Å². The Morgan fingerprint density at radius 2 is 1.73 bits per heavy atom. The minimum atomic E-state index is -0.0632. The number of aromatic nitrogens is 1. The molecule has 1 aromatic heterocycles. The number of thiazole rings is 1. The first kappa shape index (κ1) is 15.0. The van der Waals surface area contributed by atoms with Crippen LogP contribution in [0.5, 0.6) is 0 Å². The molecule has 1 atom stereocenters. The molecule has 0 radical (unpaired) electrons. The molecular formula is C18H17NOS2. The van der Waals surface area contributed by atoms with Gasteiger partial charge in [-0.05, 0) is 31.6 Å². The predicted octanol–water partition coefficient (Wildman–Crippen LogP) is 5.44. The van der Waals surface area contributed by atoms with Crippen molar-refractivity contribution in [3.8, 4) is 11.3 Å². The second kappa shape index (κ2) is 6.46. The van der Waals surface area contributed by atoms with E-state index >= 15 is 0 Å². The molecule has 0 aliphatic rings. The van der Waals surface area contributed by atoms with Gasteiger partial charge >= 0.3 is 0 Å². The average Bonchev–Trinajstić information content (AvgIpc) is 2.90. The first-order valence-electron chi connectivity index (χ1n) is 7.15. The van der Waals surface area contributed by atoms with Gasteiger partial charge in [0.25, 0.3) is 0 Å². The van der Waals surface area contributed by atoms with Gasteiger partial charge in [-0.3, -0.25) is 0 Å². The van der Waals surface area contributed by atoms with Crippen LogP contribution in [0, 0.1) is 10.9 Å². The maximum absolute atomic E-state index is 6.11. The van der Waals surface area contributed by atoms with Crippen LogP contribution in [0.15, 0.2) is 60.0 Å². The van der Waals surface area contributed by atoms with E-state index in [1.807, 2.05) is 30.5 Å². The molecule has 2 nitrogen and oxygen atoms in total. The molecule has 112 valence electrons. The third kappa shape index (κ3) is 3.13. The Balaban J connectivity index is 1.93. The SMILES string of the molecule is Cc1ccc(-c2csc(=S)n2OC(C)c2ccccc2)cc1. The molecule has 0 aliphatic carbocycles. The summed E-state index contributed by atoms with van der Waals surface area (Å²) in [4.78, 5) is 6.11. The lowest BCUT2D eigenvalue weighted by Gasteiger charge is -2.17. The summed E-state index contributed by atoms with van der Waals surface area (Å²) in [7, 11) is 0. The summed E-state index contributed by atoms with van der Waals surface area (Å²) in [6, 6.07) is 18.6. The van der Waals surface area contributed by atoms with E-state index in [1.54, 1.807) is 4.73 Å². The van der Waals surface area contributed by atoms with Gasteiger partial charge in [0.1, 0.15) is 6.10 Å². The van der Waals surface area contributed by atoms with Crippen molar-refractivity contribution < 1.29 is 4.84 Å². The second-order valence-corrected chi connectivity index (χ2v) is 6.71. The molecule has 0 saturated heterocycles. The zero-order valence-corrected chi connectivity index (χ0v) is 14.2. The van der Waals surface area contributed by atoms with Crippen LogP contribution in [0.2, 0.25) is 0 Å². The monoisotopic (exact) mass is 327 g/mol. The molecule has 0 N–H and O–H groups in total. The van der Waals surface area contributed by atoms with Crippen molar-refractivity contribution in [2.45, 2.75) is 20.0 Å². The molecule has 0 bridgehead atoms. The van der Waals surface area contributed by atoms with Crippen LogP contribution in [0.3, 0.4) is 0 Å². The van der Waals surface area contributed by atoms with Gasteiger partial charge in [0.15, 0.2) is 3.95 Å². The molecule has 0 amide bonds. The molecule has 1 heterocycles. The van der Waals surface area contributed by atoms with Gasteiger partial charge in [0, 0.05) is 10.9 Å². The number of aryl methyl sites for hydroxylation is 1. The summed E-state index contributed by atoms with van der Waals surface area (Å²) in [6.45, 7) is 4.12. The van der Waals surface area contributed by atoms with E-state index in [2.05, 4.69) is 43.3 Å². The van der Waals surface area contributed by atoms with Crippen molar-refractivity contribution >= 4 is 23.6 Å². The molecule has 0 spiro atoms. The molecule has 2 aromatic carbocycles. The fourth-order valence-corrected chi connectivity index (χ4v) is 3.22. The third-order valence-corrected chi connectivity index (χ3v) is 4.70. The fourth-order valence-electron chi connectivity index (χ4n) is 2.25. The first-order valence-corrected chi connectivity index (χ1v) is 8.43. The molecular weight excluding hydrogens is 310 g/mol. The minimum absolute atomic E-state index is 0.0632. The summed E-state index contributed by atoms with van der Waals surface area (Å²) in [5.74, 6) is 0. The summed E-state index contributed by atoms with van der Waals surface area (Å²) in [5, 5.41) is 2.05. The van der Waals surface area contributed by atoms with Crippen molar-refractivity contribution in [2.75, 3.05) is 0 Å². The van der Waals surface area contributed by atoms with Crippen LogP contribution in [0.1, 0.15) is 24.2 Å². The molecule has 0 saturated carbocycles. The van der Waals surface area contributed by atoms with Crippen LogP contribution in [-0.4, -0.2) is 4.73 Å². The van der Waals surface area contributed by atoms with Crippen LogP contribution >= 0.6 is 23.6 Å². The Kier molecular flexibility index (Phi) is 4.41. The number of hydrogen-bond acceptors (Lipinski definition) is 3. The van der Waals surface area contributed by atoms with Crippen molar-refractivity contribution in [1.82, 2.24) is 4.73 Å². The quantitative estimate of drug-likeness (QED) is 0.592. The highest BCUT2D eigenvalue weighted by Gasteiger charge is 2.12. The maximum atomic E-state index is 6.11. The van der Waals surface area contributed by atoms with E-state index in [9.17, 15) is 0 Å². The van der Waals surface area contributed by atoms with Gasteiger partial charge in [-0.25, -0.2) is 0 Å². The molecule has 0 fully saturated rings. The molecule has 0 aliphatic heterocycles. The summed E-state index contributed by atoms with van der Waals surface area (Å²) in [5.41, 5.74) is 4.48. The number of rotatable bonds is 4. The maximum Gasteiger partial charge on any atom is 0.197 e. The predicted molar refractivity (Wildman–Crippen MR) is 94.8 cm³/mol. The Morgan fingerprint density at radius 3 is 2.41 bits per heavy atom. The molecule has 4 heteroatoms. The number of benzene rings is 2. The lowest BCUT2D eigenvalue weighted by molar-refractivity contribution is 0.0500. The molecule has 3 aromatic rings. The highest BCUT2D eigenvalue weighted by atomic mass is 32.1. The van der Waals surface area contributed by atoms with Crippen molar-refractivity contribution in [2.24, 2.45) is 0 Å². The van der Waals surface area contributed by atoms with E-state index in [0.29, 0.717) is 0 Å². The second-order valence-electron chi connectivity index (χ2n) is 5.21. The van der Waals surface area contributed by atoms with Crippen molar-refractivity contribution in [1.29, 1.82) is 0 Å². The number of nitrogens with zero attached hydrogens (tertiary/aromatic N) is 1. The summed E-state index contributed by atoms with van der Waals surface area (Å²) in [6.07, 6.45) is -0.0632. The van der Waals surface area contributed by atoms with Crippen LogP contribution in [-0.2, 0) is 0 Å². The van der Waals surface area contributed by atoms with Gasteiger partial charge in [0.05, 0.1) is 5.69 Å². The fraction of sp³-hybridized carbons (Fsp3) is 0.167. The topological polar surface area (TPSA) is 14.2 Å². The molecule has 3 rings (SSSR count). The molecule has 1 unspecified atom stereocenters. The van der Waals surface area contributed by atoms with E-state index in [4.69, 9.17) is 17.1 Å². The smallest absolute Gasteiger partial charge is 0.197 e. The normalized spacial score (nSPS) is 12.1. The summed E-state index contributed by atoms with van der Waals surface area (Å²) >= 11 is 6.94. The first-order chi connectivity index (χ1) is 10.6. The van der Waals surface area contributed by atoms with E-state index in [-0.39, 0.29) is 6.10 Å². The van der Waals surface area contributed by atoms with Crippen molar-refractivity contribution in [3.05, 3.63) is 75.1 Å². The van der Waals surface area contributed by atoms with Gasteiger partial charge in [-0.1, -0.05) is 60.2 Å². The van der Waals surface area contributed by atoms with Gasteiger partial charge in [-0.15, -0.1) is 11.3 Å². The highest BCUT2D eigenvalue weighted by molar-refractivity contribution is 7.73. The van der Waals surface area contributed by atoms with E-state index in [0.717, 1.165) is 20.8 Å². The minimum Gasteiger partial charge on any atom is -0.404 e. The highest BCUT2D eigenvalue weighted by Crippen LogP contribution is 2.25. The Labute approximate surface area is 139 Å².